The fourth-order valence-corrected chi connectivity index (χ4v) is 8.76. The van der Waals surface area contributed by atoms with Gasteiger partial charge in [-0.1, -0.05) is 38.1 Å². The van der Waals surface area contributed by atoms with Gasteiger partial charge in [-0.05, 0) is 66.3 Å². The maximum absolute atomic E-state index is 14.0. The number of ether oxygens (including phenoxy) is 7. The quantitative estimate of drug-likeness (QED) is 0.229. The SMILES string of the molecule is CC(C)CN(C[C@@H](O)[C@H](Cc1ccc(Oc2ccc(CN3CCOCC3)cc2)cc1)NC(=O)O[C@H]1CO[C@H]2OCC[C@H]21)S(=O)(=O)c1ccc2c(c1)OCO2. The highest BCUT2D eigenvalue weighted by molar-refractivity contribution is 7.89. The highest BCUT2D eigenvalue weighted by atomic mass is 32.2. The van der Waals surface area contributed by atoms with E-state index in [0.717, 1.165) is 38.4 Å². The number of alkyl carbamates (subject to hydrolysis) is 1. The van der Waals surface area contributed by atoms with E-state index in [2.05, 4.69) is 22.3 Å². The number of amides is 1. The van der Waals surface area contributed by atoms with Gasteiger partial charge in [0.25, 0.3) is 0 Å². The van der Waals surface area contributed by atoms with Crippen molar-refractivity contribution in [3.05, 3.63) is 77.9 Å². The summed E-state index contributed by atoms with van der Waals surface area (Å²) in [5.41, 5.74) is 1.98. The molecule has 4 aliphatic heterocycles. The van der Waals surface area contributed by atoms with Gasteiger partial charge in [-0.25, -0.2) is 13.2 Å². The van der Waals surface area contributed by atoms with E-state index in [1.54, 1.807) is 6.07 Å². The third kappa shape index (κ3) is 9.45. The molecule has 0 spiro atoms. The van der Waals surface area contributed by atoms with Crippen LogP contribution < -0.4 is 19.5 Å². The first-order valence-electron chi connectivity index (χ1n) is 18.5. The summed E-state index contributed by atoms with van der Waals surface area (Å²) in [7, 11) is -4.08. The van der Waals surface area contributed by atoms with Gasteiger partial charge in [0.15, 0.2) is 17.8 Å². The van der Waals surface area contributed by atoms with Crippen LogP contribution in [-0.2, 0) is 41.9 Å². The second-order valence-corrected chi connectivity index (χ2v) is 16.4. The van der Waals surface area contributed by atoms with Crippen LogP contribution in [0.5, 0.6) is 23.0 Å². The molecule has 3 aromatic carbocycles. The Hall–Kier alpha value is -3.96. The van der Waals surface area contributed by atoms with E-state index in [-0.39, 0.29) is 49.6 Å². The zero-order chi connectivity index (χ0) is 37.7. The van der Waals surface area contributed by atoms with Crippen LogP contribution in [0.1, 0.15) is 31.4 Å². The number of aliphatic hydroxyl groups is 1. The molecule has 0 bridgehead atoms. The number of nitrogens with one attached hydrogen (secondary N) is 1. The third-order valence-electron chi connectivity index (χ3n) is 10.0. The average molecular weight is 768 g/mol. The number of nitrogens with zero attached hydrogens (tertiary/aromatic N) is 2. The van der Waals surface area contributed by atoms with Crippen molar-refractivity contribution in [3.63, 3.8) is 0 Å². The minimum Gasteiger partial charge on any atom is -0.457 e. The topological polar surface area (TPSA) is 155 Å². The summed E-state index contributed by atoms with van der Waals surface area (Å²) in [4.78, 5) is 15.7. The number of benzene rings is 3. The van der Waals surface area contributed by atoms with Gasteiger partial charge in [0.05, 0.1) is 49.4 Å². The van der Waals surface area contributed by atoms with Crippen molar-refractivity contribution in [1.29, 1.82) is 0 Å². The number of carbonyl (C=O) groups excluding carboxylic acids is 1. The molecule has 14 nitrogen and oxygen atoms in total. The molecule has 0 unspecified atom stereocenters. The molecule has 5 atom stereocenters. The number of morpholine rings is 1. The first-order chi connectivity index (χ1) is 26.1. The van der Waals surface area contributed by atoms with Gasteiger partial charge in [0, 0.05) is 38.8 Å². The highest BCUT2D eigenvalue weighted by Gasteiger charge is 2.44. The predicted molar refractivity (Wildman–Crippen MR) is 196 cm³/mol. The zero-order valence-corrected chi connectivity index (χ0v) is 31.4. The van der Waals surface area contributed by atoms with E-state index in [4.69, 9.17) is 33.2 Å². The lowest BCUT2D eigenvalue weighted by atomic mass is 10.0. The molecule has 7 rings (SSSR count). The van der Waals surface area contributed by atoms with Crippen molar-refractivity contribution in [2.75, 3.05) is 59.4 Å². The second kappa shape index (κ2) is 17.2. The van der Waals surface area contributed by atoms with Crippen molar-refractivity contribution in [2.24, 2.45) is 11.8 Å². The Labute approximate surface area is 316 Å². The zero-order valence-electron chi connectivity index (χ0n) is 30.6. The summed E-state index contributed by atoms with van der Waals surface area (Å²) in [5.74, 6) is 1.99. The van der Waals surface area contributed by atoms with Crippen molar-refractivity contribution >= 4 is 16.1 Å². The molecule has 292 valence electrons. The third-order valence-corrected chi connectivity index (χ3v) is 11.8. The Morgan fingerprint density at radius 3 is 2.35 bits per heavy atom. The standard InChI is InChI=1S/C39H49N3O11S/c1-26(2)21-42(54(45,46)31-11-12-35-36(20-31)51-25-50-35)23-34(43)33(40-39(44)53-37-24-49-38-32(37)13-16-48-38)19-27-3-7-29(8-4-27)52-30-9-5-28(6-10-30)22-41-14-17-47-18-15-41/h3-12,20,26,32-34,37-38,43H,13-19,21-25H2,1-2H3,(H,40,44)/t32-,33-,34+,37-,38+/m0/s1. The lowest BCUT2D eigenvalue weighted by molar-refractivity contribution is -0.0907. The Kier molecular flexibility index (Phi) is 12.2. The molecule has 4 heterocycles. The Bertz CT molecular complexity index is 1820. The van der Waals surface area contributed by atoms with Crippen molar-refractivity contribution in [3.8, 4) is 23.0 Å². The minimum absolute atomic E-state index is 0.00798. The predicted octanol–water partition coefficient (Wildman–Crippen LogP) is 4.15. The maximum Gasteiger partial charge on any atom is 0.407 e. The summed E-state index contributed by atoms with van der Waals surface area (Å²) >= 11 is 0. The van der Waals surface area contributed by atoms with Gasteiger partial charge in [0.2, 0.25) is 16.8 Å². The molecule has 54 heavy (non-hydrogen) atoms. The van der Waals surface area contributed by atoms with E-state index >= 15 is 0 Å². The van der Waals surface area contributed by atoms with Gasteiger partial charge in [-0.2, -0.15) is 4.31 Å². The van der Waals surface area contributed by atoms with E-state index in [1.165, 1.54) is 22.0 Å². The van der Waals surface area contributed by atoms with Gasteiger partial charge in [-0.15, -0.1) is 0 Å². The number of carbonyl (C=O) groups is 1. The summed E-state index contributed by atoms with van der Waals surface area (Å²) < 4.78 is 68.6. The van der Waals surface area contributed by atoms with Crippen LogP contribution in [0.3, 0.4) is 0 Å². The lowest BCUT2D eigenvalue weighted by Crippen LogP contribution is -2.51. The molecule has 3 saturated heterocycles. The van der Waals surface area contributed by atoms with Crippen LogP contribution >= 0.6 is 0 Å². The van der Waals surface area contributed by atoms with Gasteiger partial charge < -0.3 is 43.6 Å². The van der Waals surface area contributed by atoms with Crippen LogP contribution in [0, 0.1) is 11.8 Å². The van der Waals surface area contributed by atoms with Crippen molar-refractivity contribution in [2.45, 2.75) is 62.7 Å². The molecular weight excluding hydrogens is 719 g/mol. The molecule has 15 heteroatoms. The van der Waals surface area contributed by atoms with Crippen LogP contribution in [0.2, 0.25) is 0 Å². The summed E-state index contributed by atoms with van der Waals surface area (Å²) in [6, 6.07) is 18.9. The smallest absolute Gasteiger partial charge is 0.407 e. The van der Waals surface area contributed by atoms with E-state index in [0.29, 0.717) is 36.0 Å². The maximum atomic E-state index is 14.0. The first-order valence-corrected chi connectivity index (χ1v) is 20.0. The number of sulfonamides is 1. The van der Waals surface area contributed by atoms with Crippen LogP contribution in [-0.4, -0.2) is 113 Å². The molecule has 0 aliphatic carbocycles. The highest BCUT2D eigenvalue weighted by Crippen LogP contribution is 2.35. The number of hydrogen-bond donors (Lipinski definition) is 2. The average Bonchev–Trinajstić information content (AvgIpc) is 3.92. The molecule has 0 radical (unpaired) electrons. The summed E-state index contributed by atoms with van der Waals surface area (Å²) in [5, 5.41) is 14.6. The number of fused-ring (bicyclic) bond motifs is 2. The summed E-state index contributed by atoms with van der Waals surface area (Å²) in [6.45, 7) is 8.60. The number of hydrogen-bond acceptors (Lipinski definition) is 12. The summed E-state index contributed by atoms with van der Waals surface area (Å²) in [6.07, 6.45) is -2.04. The minimum atomic E-state index is -4.08. The Morgan fingerprint density at radius 1 is 0.926 bits per heavy atom. The van der Waals surface area contributed by atoms with E-state index < -0.39 is 40.7 Å². The largest absolute Gasteiger partial charge is 0.457 e. The fraction of sp³-hybridized carbons (Fsp3) is 0.513. The number of rotatable bonds is 15. The Morgan fingerprint density at radius 2 is 1.63 bits per heavy atom. The van der Waals surface area contributed by atoms with Crippen molar-refractivity contribution < 1.29 is 51.5 Å². The van der Waals surface area contributed by atoms with E-state index in [1.807, 2.05) is 50.2 Å². The molecule has 3 fully saturated rings. The molecule has 4 aliphatic rings. The van der Waals surface area contributed by atoms with Crippen LogP contribution in [0.25, 0.3) is 0 Å². The molecular formula is C39H49N3O11S. The fourth-order valence-electron chi connectivity index (χ4n) is 7.12. The Balaban J connectivity index is 1.04. The molecule has 2 N–H and O–H groups in total. The van der Waals surface area contributed by atoms with E-state index in [9.17, 15) is 18.3 Å². The molecule has 0 saturated carbocycles. The van der Waals surface area contributed by atoms with Gasteiger partial charge >= 0.3 is 6.09 Å². The van der Waals surface area contributed by atoms with Gasteiger partial charge in [-0.3, -0.25) is 4.90 Å². The number of aliphatic hydroxyl groups excluding tert-OH is 1. The molecule has 3 aromatic rings. The second-order valence-electron chi connectivity index (χ2n) is 14.5. The van der Waals surface area contributed by atoms with Gasteiger partial charge in [0.1, 0.15) is 17.6 Å². The van der Waals surface area contributed by atoms with Crippen LogP contribution in [0.4, 0.5) is 4.79 Å². The molecule has 1 amide bonds. The lowest BCUT2D eigenvalue weighted by Gasteiger charge is -2.31. The van der Waals surface area contributed by atoms with Crippen LogP contribution in [0.15, 0.2) is 71.6 Å². The molecule has 0 aromatic heterocycles. The first kappa shape index (κ1) is 38.3. The normalized spacial score (nSPS) is 22.3. The monoisotopic (exact) mass is 767 g/mol. The van der Waals surface area contributed by atoms with Crippen molar-refractivity contribution in [1.82, 2.24) is 14.5 Å².